The molecule has 4 heterocycles. The maximum atomic E-state index is 12.4. The number of nitrogens with zero attached hydrogens (tertiary/aromatic N) is 4. The Bertz CT molecular complexity index is 1330. The lowest BCUT2D eigenvalue weighted by Gasteiger charge is -2.23. The van der Waals surface area contributed by atoms with E-state index in [-0.39, 0.29) is 0 Å². The first-order chi connectivity index (χ1) is 17.2. The molecule has 3 aromatic heterocycles. The van der Waals surface area contributed by atoms with Gasteiger partial charge in [-0.05, 0) is 51.4 Å². The van der Waals surface area contributed by atoms with Gasteiger partial charge in [-0.2, -0.15) is 0 Å². The van der Waals surface area contributed by atoms with E-state index in [1.54, 1.807) is 30.5 Å². The number of esters is 1. The molecule has 4 aromatic rings. The van der Waals surface area contributed by atoms with Gasteiger partial charge in [0.1, 0.15) is 17.0 Å². The van der Waals surface area contributed by atoms with Crippen molar-refractivity contribution in [1.29, 1.82) is 0 Å². The van der Waals surface area contributed by atoms with E-state index in [2.05, 4.69) is 15.6 Å². The highest BCUT2D eigenvalue weighted by Crippen LogP contribution is 2.36. The monoisotopic (exact) mass is 492 g/mol. The zero-order valence-corrected chi connectivity index (χ0v) is 20.6. The van der Waals surface area contributed by atoms with E-state index in [9.17, 15) is 4.79 Å². The fourth-order valence-electron chi connectivity index (χ4n) is 4.27. The number of carbonyl (C=O) groups excluding carboxylic acids is 1. The third-order valence-corrected chi connectivity index (χ3v) is 6.60. The number of carbonyl (C=O) groups is 1. The van der Waals surface area contributed by atoms with E-state index in [1.165, 1.54) is 0 Å². The number of benzene rings is 1. The van der Waals surface area contributed by atoms with E-state index in [4.69, 9.17) is 19.4 Å². The van der Waals surface area contributed by atoms with E-state index >= 15 is 0 Å². The molecule has 0 radical (unpaired) electrons. The van der Waals surface area contributed by atoms with Crippen LogP contribution < -0.4 is 15.4 Å². The maximum Gasteiger partial charge on any atom is 0.341 e. The molecule has 1 atom stereocenters. The van der Waals surface area contributed by atoms with Gasteiger partial charge in [-0.1, -0.05) is 6.07 Å². The molecule has 0 unspecified atom stereocenters. The van der Waals surface area contributed by atoms with Crippen molar-refractivity contribution in [3.63, 3.8) is 0 Å². The predicted molar refractivity (Wildman–Crippen MR) is 136 cm³/mol. The summed E-state index contributed by atoms with van der Waals surface area (Å²) < 4.78 is 13.0. The molecular formula is C25H28N6O3S. The Morgan fingerprint density at radius 1 is 1.26 bits per heavy atom. The fourth-order valence-corrected chi connectivity index (χ4v) is 4.99. The van der Waals surface area contributed by atoms with Crippen LogP contribution in [0.4, 0.5) is 5.95 Å². The summed E-state index contributed by atoms with van der Waals surface area (Å²) in [5, 5.41) is 8.87. The molecule has 35 heavy (non-hydrogen) atoms. The predicted octanol–water partition coefficient (Wildman–Crippen LogP) is 4.26. The Morgan fingerprint density at radius 2 is 2.17 bits per heavy atom. The molecular weight excluding hydrogens is 464 g/mol. The van der Waals surface area contributed by atoms with Gasteiger partial charge in [0.25, 0.3) is 0 Å². The molecule has 2 N–H and O–H groups in total. The van der Waals surface area contributed by atoms with E-state index in [0.717, 1.165) is 53.5 Å². The SMILES string of the molecule is CCOC(=O)c1ccc(-c2nc3sccn3c2-c2ccnc(N[C@@H]3CCCNC3)n2)cc1OCC. The lowest BCUT2D eigenvalue weighted by atomic mass is 10.0. The van der Waals surface area contributed by atoms with Gasteiger partial charge in [0.05, 0.1) is 24.6 Å². The van der Waals surface area contributed by atoms with Crippen molar-refractivity contribution in [3.05, 3.63) is 47.6 Å². The molecule has 1 saturated heterocycles. The van der Waals surface area contributed by atoms with Gasteiger partial charge < -0.3 is 20.1 Å². The van der Waals surface area contributed by atoms with Crippen molar-refractivity contribution in [2.75, 3.05) is 31.6 Å². The van der Waals surface area contributed by atoms with Crippen LogP contribution in [0.25, 0.3) is 27.6 Å². The van der Waals surface area contributed by atoms with Gasteiger partial charge in [0, 0.05) is 35.9 Å². The number of hydrogen-bond acceptors (Lipinski definition) is 9. The van der Waals surface area contributed by atoms with Crippen LogP contribution >= 0.6 is 11.3 Å². The Balaban J connectivity index is 1.56. The molecule has 182 valence electrons. The number of hydrogen-bond donors (Lipinski definition) is 2. The molecule has 0 aliphatic carbocycles. The zero-order chi connectivity index (χ0) is 24.2. The van der Waals surface area contributed by atoms with Crippen molar-refractivity contribution in [2.24, 2.45) is 0 Å². The molecule has 0 amide bonds. The summed E-state index contributed by atoms with van der Waals surface area (Å²) in [5.74, 6) is 0.665. The van der Waals surface area contributed by atoms with Crippen LogP contribution in [0.1, 0.15) is 37.0 Å². The van der Waals surface area contributed by atoms with Gasteiger partial charge in [0.2, 0.25) is 5.95 Å². The van der Waals surface area contributed by atoms with Crippen LogP contribution in [0.3, 0.4) is 0 Å². The van der Waals surface area contributed by atoms with Gasteiger partial charge in [0.15, 0.2) is 4.96 Å². The summed E-state index contributed by atoms with van der Waals surface area (Å²) in [7, 11) is 0. The second-order valence-electron chi connectivity index (χ2n) is 8.18. The first kappa shape index (κ1) is 23.3. The topological polar surface area (TPSA) is 103 Å². The van der Waals surface area contributed by atoms with Crippen molar-refractivity contribution in [2.45, 2.75) is 32.7 Å². The van der Waals surface area contributed by atoms with Crippen molar-refractivity contribution >= 4 is 28.2 Å². The Morgan fingerprint density at radius 3 is 2.97 bits per heavy atom. The second kappa shape index (κ2) is 10.4. The van der Waals surface area contributed by atoms with Crippen LogP contribution in [0.2, 0.25) is 0 Å². The number of piperidine rings is 1. The Hall–Kier alpha value is -3.50. The summed E-state index contributed by atoms with van der Waals surface area (Å²) in [6, 6.07) is 7.65. The molecule has 1 fully saturated rings. The standard InChI is InChI=1S/C25H28N6O3S/c1-3-33-20-14-16(7-8-18(20)23(32)34-4-2)21-22(31-12-13-35-25(31)30-21)19-9-11-27-24(29-19)28-17-6-5-10-26-15-17/h7-9,11-14,17,26H,3-6,10,15H2,1-2H3,(H,27,28,29)/t17-/m1/s1. The molecule has 0 bridgehead atoms. The van der Waals surface area contributed by atoms with Crippen LogP contribution in [0, 0.1) is 0 Å². The van der Waals surface area contributed by atoms with Crippen LogP contribution in [0.15, 0.2) is 42.0 Å². The minimum Gasteiger partial charge on any atom is -0.493 e. The van der Waals surface area contributed by atoms with Crippen LogP contribution in [-0.2, 0) is 4.74 Å². The number of anilines is 1. The summed E-state index contributed by atoms with van der Waals surface area (Å²) in [6.45, 7) is 6.34. The fraction of sp³-hybridized carbons (Fsp3) is 0.360. The molecule has 0 spiro atoms. The summed E-state index contributed by atoms with van der Waals surface area (Å²) in [5.41, 5.74) is 3.61. The number of nitrogens with one attached hydrogen (secondary N) is 2. The molecule has 1 aromatic carbocycles. The van der Waals surface area contributed by atoms with Gasteiger partial charge in [-0.3, -0.25) is 4.40 Å². The third-order valence-electron chi connectivity index (χ3n) is 5.84. The first-order valence-corrected chi connectivity index (χ1v) is 12.8. The molecule has 5 rings (SSSR count). The van der Waals surface area contributed by atoms with E-state index < -0.39 is 5.97 Å². The number of ether oxygens (including phenoxy) is 2. The number of rotatable bonds is 8. The summed E-state index contributed by atoms with van der Waals surface area (Å²) in [6.07, 6.45) is 5.97. The van der Waals surface area contributed by atoms with Crippen LogP contribution in [-0.4, -0.2) is 57.7 Å². The molecule has 1 aliphatic rings. The maximum absolute atomic E-state index is 12.4. The molecule has 1 aliphatic heterocycles. The molecule has 0 saturated carbocycles. The van der Waals surface area contributed by atoms with Crippen molar-refractivity contribution in [1.82, 2.24) is 24.7 Å². The third kappa shape index (κ3) is 4.85. The Labute approximate surface area is 207 Å². The highest BCUT2D eigenvalue weighted by Gasteiger charge is 2.22. The average molecular weight is 493 g/mol. The zero-order valence-electron chi connectivity index (χ0n) is 19.8. The quantitative estimate of drug-likeness (QED) is 0.352. The van der Waals surface area contributed by atoms with Crippen molar-refractivity contribution in [3.8, 4) is 28.4 Å². The summed E-state index contributed by atoms with van der Waals surface area (Å²) >= 11 is 1.55. The minimum atomic E-state index is -0.405. The lowest BCUT2D eigenvalue weighted by Crippen LogP contribution is -2.38. The van der Waals surface area contributed by atoms with E-state index in [0.29, 0.717) is 36.5 Å². The smallest absolute Gasteiger partial charge is 0.341 e. The number of fused-ring (bicyclic) bond motifs is 1. The average Bonchev–Trinajstić information content (AvgIpc) is 3.47. The van der Waals surface area contributed by atoms with Crippen molar-refractivity contribution < 1.29 is 14.3 Å². The largest absolute Gasteiger partial charge is 0.493 e. The molecule has 10 heteroatoms. The van der Waals surface area contributed by atoms with Gasteiger partial charge in [-0.15, -0.1) is 11.3 Å². The Kier molecular flexibility index (Phi) is 6.91. The number of aromatic nitrogens is 4. The lowest BCUT2D eigenvalue weighted by molar-refractivity contribution is 0.0522. The number of imidazole rings is 1. The van der Waals surface area contributed by atoms with E-state index in [1.807, 2.05) is 41.1 Å². The first-order valence-electron chi connectivity index (χ1n) is 11.9. The number of thiazole rings is 1. The highest BCUT2D eigenvalue weighted by molar-refractivity contribution is 7.15. The molecule has 9 nitrogen and oxygen atoms in total. The minimum absolute atomic E-state index is 0.300. The normalized spacial score (nSPS) is 15.8. The van der Waals surface area contributed by atoms with Crippen LogP contribution in [0.5, 0.6) is 5.75 Å². The summed E-state index contributed by atoms with van der Waals surface area (Å²) in [4.78, 5) is 27.5. The van der Waals surface area contributed by atoms with Gasteiger partial charge >= 0.3 is 5.97 Å². The van der Waals surface area contributed by atoms with Gasteiger partial charge in [-0.25, -0.2) is 19.7 Å². The second-order valence-corrected chi connectivity index (χ2v) is 9.06. The highest BCUT2D eigenvalue weighted by atomic mass is 32.1.